The Morgan fingerprint density at radius 2 is 2.15 bits per heavy atom. The van der Waals surface area contributed by atoms with Gasteiger partial charge in [-0.15, -0.1) is 6.58 Å². The first-order chi connectivity index (χ1) is 6.15. The van der Waals surface area contributed by atoms with Crippen molar-refractivity contribution in [3.63, 3.8) is 0 Å². The van der Waals surface area contributed by atoms with Crippen LogP contribution in [0, 0.1) is 13.8 Å². The van der Waals surface area contributed by atoms with E-state index in [0.29, 0.717) is 6.42 Å². The van der Waals surface area contributed by atoms with Crippen molar-refractivity contribution in [2.75, 3.05) is 0 Å². The second-order valence-electron chi connectivity index (χ2n) is 3.23. The van der Waals surface area contributed by atoms with Gasteiger partial charge in [0.05, 0.1) is 0 Å². The Morgan fingerprint density at radius 3 is 2.69 bits per heavy atom. The molecule has 0 spiro atoms. The lowest BCUT2D eigenvalue weighted by atomic mass is 10.0. The van der Waals surface area contributed by atoms with Crippen LogP contribution in [-0.2, 0) is 0 Å². The minimum atomic E-state index is 0.146. The fourth-order valence-electron chi connectivity index (χ4n) is 1.37. The fourth-order valence-corrected chi connectivity index (χ4v) is 1.37. The van der Waals surface area contributed by atoms with E-state index in [1.165, 1.54) is 5.56 Å². The van der Waals surface area contributed by atoms with Crippen molar-refractivity contribution in [2.45, 2.75) is 20.3 Å². The Bertz CT molecular complexity index is 337. The molecule has 0 aliphatic heterocycles. The minimum Gasteiger partial charge on any atom is -0.294 e. The quantitative estimate of drug-likeness (QED) is 0.508. The standard InChI is InChI=1S/C12H14O/c1-4-5-12(13)11-7-6-9(2)8-10(11)3/h4,6-8H,1,5H2,2-3H3. The first-order valence-corrected chi connectivity index (χ1v) is 4.36. The third-order valence-electron chi connectivity index (χ3n) is 2.01. The smallest absolute Gasteiger partial charge is 0.166 e. The zero-order chi connectivity index (χ0) is 9.84. The largest absolute Gasteiger partial charge is 0.294 e. The van der Waals surface area contributed by atoms with Crippen LogP contribution in [0.15, 0.2) is 30.9 Å². The van der Waals surface area contributed by atoms with Crippen molar-refractivity contribution < 1.29 is 4.79 Å². The molecule has 0 radical (unpaired) electrons. The summed E-state index contributed by atoms with van der Waals surface area (Å²) in [7, 11) is 0. The van der Waals surface area contributed by atoms with Gasteiger partial charge < -0.3 is 0 Å². The zero-order valence-corrected chi connectivity index (χ0v) is 8.13. The number of allylic oxidation sites excluding steroid dienone is 1. The highest BCUT2D eigenvalue weighted by atomic mass is 16.1. The number of carbonyl (C=O) groups excluding carboxylic acids is 1. The number of hydrogen-bond acceptors (Lipinski definition) is 1. The van der Waals surface area contributed by atoms with Gasteiger partial charge >= 0.3 is 0 Å². The van der Waals surface area contributed by atoms with Crippen molar-refractivity contribution in [1.29, 1.82) is 0 Å². The van der Waals surface area contributed by atoms with E-state index >= 15 is 0 Å². The molecule has 0 amide bonds. The molecule has 0 atom stereocenters. The van der Waals surface area contributed by atoms with Crippen LogP contribution in [0.3, 0.4) is 0 Å². The summed E-state index contributed by atoms with van der Waals surface area (Å²) < 4.78 is 0. The second kappa shape index (κ2) is 4.04. The number of carbonyl (C=O) groups is 1. The average molecular weight is 174 g/mol. The lowest BCUT2D eigenvalue weighted by Crippen LogP contribution is -2.00. The van der Waals surface area contributed by atoms with Gasteiger partial charge in [0.2, 0.25) is 0 Å². The van der Waals surface area contributed by atoms with Crippen molar-refractivity contribution in [3.05, 3.63) is 47.5 Å². The molecule has 68 valence electrons. The van der Waals surface area contributed by atoms with Crippen molar-refractivity contribution >= 4 is 5.78 Å². The molecule has 1 heteroatoms. The van der Waals surface area contributed by atoms with Gasteiger partial charge in [-0.2, -0.15) is 0 Å². The molecule has 0 saturated heterocycles. The fraction of sp³-hybridized carbons (Fsp3) is 0.250. The van der Waals surface area contributed by atoms with E-state index in [1.807, 2.05) is 32.0 Å². The molecule has 0 saturated carbocycles. The molecule has 1 nitrogen and oxygen atoms in total. The van der Waals surface area contributed by atoms with E-state index in [0.717, 1.165) is 11.1 Å². The second-order valence-corrected chi connectivity index (χ2v) is 3.23. The van der Waals surface area contributed by atoms with Gasteiger partial charge in [0.1, 0.15) is 0 Å². The third-order valence-corrected chi connectivity index (χ3v) is 2.01. The SMILES string of the molecule is C=CCC(=O)c1ccc(C)cc1C. The van der Waals surface area contributed by atoms with Gasteiger partial charge in [0, 0.05) is 12.0 Å². The summed E-state index contributed by atoms with van der Waals surface area (Å²) in [6.45, 7) is 7.54. The summed E-state index contributed by atoms with van der Waals surface area (Å²) in [5.74, 6) is 0.146. The Balaban J connectivity index is 3.01. The van der Waals surface area contributed by atoms with E-state index in [2.05, 4.69) is 6.58 Å². The van der Waals surface area contributed by atoms with Crippen LogP contribution >= 0.6 is 0 Å². The highest BCUT2D eigenvalue weighted by molar-refractivity contribution is 5.98. The number of rotatable bonds is 3. The maximum atomic E-state index is 11.5. The Morgan fingerprint density at radius 1 is 1.46 bits per heavy atom. The van der Waals surface area contributed by atoms with Crippen LogP contribution in [0.25, 0.3) is 0 Å². The van der Waals surface area contributed by atoms with E-state index in [1.54, 1.807) is 6.08 Å². The normalized spacial score (nSPS) is 9.69. The monoisotopic (exact) mass is 174 g/mol. The van der Waals surface area contributed by atoms with Gasteiger partial charge in [-0.25, -0.2) is 0 Å². The predicted octanol–water partition coefficient (Wildman–Crippen LogP) is 3.06. The van der Waals surface area contributed by atoms with Crippen LogP contribution in [0.1, 0.15) is 27.9 Å². The molecule has 1 rings (SSSR count). The molecular weight excluding hydrogens is 160 g/mol. The van der Waals surface area contributed by atoms with Crippen molar-refractivity contribution in [2.24, 2.45) is 0 Å². The Kier molecular flexibility index (Phi) is 3.02. The molecule has 0 fully saturated rings. The first-order valence-electron chi connectivity index (χ1n) is 4.36. The molecule has 0 aromatic heterocycles. The van der Waals surface area contributed by atoms with E-state index < -0.39 is 0 Å². The number of benzene rings is 1. The summed E-state index contributed by atoms with van der Waals surface area (Å²) in [6, 6.07) is 5.87. The predicted molar refractivity (Wildman–Crippen MR) is 55.1 cm³/mol. The van der Waals surface area contributed by atoms with Crippen molar-refractivity contribution in [3.8, 4) is 0 Å². The number of Topliss-reactive ketones (excluding diaryl/α,β-unsaturated/α-hetero) is 1. The summed E-state index contributed by atoms with van der Waals surface area (Å²) in [5.41, 5.74) is 3.05. The molecule has 0 N–H and O–H groups in total. The topological polar surface area (TPSA) is 17.1 Å². The van der Waals surface area contributed by atoms with Gasteiger partial charge in [-0.3, -0.25) is 4.79 Å². The van der Waals surface area contributed by atoms with Crippen LogP contribution in [0.4, 0.5) is 0 Å². The maximum absolute atomic E-state index is 11.5. The third kappa shape index (κ3) is 2.28. The lowest BCUT2D eigenvalue weighted by Gasteiger charge is -2.03. The van der Waals surface area contributed by atoms with Crippen LogP contribution in [0.5, 0.6) is 0 Å². The molecule has 13 heavy (non-hydrogen) atoms. The minimum absolute atomic E-state index is 0.146. The first kappa shape index (κ1) is 9.72. The maximum Gasteiger partial charge on any atom is 0.166 e. The lowest BCUT2D eigenvalue weighted by molar-refractivity contribution is 0.0995. The molecule has 0 unspecified atom stereocenters. The van der Waals surface area contributed by atoms with Crippen LogP contribution in [0.2, 0.25) is 0 Å². The Hall–Kier alpha value is -1.37. The molecule has 0 heterocycles. The van der Waals surface area contributed by atoms with Gasteiger partial charge in [0.15, 0.2) is 5.78 Å². The summed E-state index contributed by atoms with van der Waals surface area (Å²) >= 11 is 0. The molecular formula is C12H14O. The van der Waals surface area contributed by atoms with E-state index in [4.69, 9.17) is 0 Å². The highest BCUT2D eigenvalue weighted by Gasteiger charge is 2.06. The molecule has 0 aliphatic rings. The summed E-state index contributed by atoms with van der Waals surface area (Å²) in [6.07, 6.45) is 2.06. The van der Waals surface area contributed by atoms with Crippen molar-refractivity contribution in [1.82, 2.24) is 0 Å². The summed E-state index contributed by atoms with van der Waals surface area (Å²) in [4.78, 5) is 11.5. The van der Waals surface area contributed by atoms with E-state index in [-0.39, 0.29) is 5.78 Å². The zero-order valence-electron chi connectivity index (χ0n) is 8.13. The molecule has 0 bridgehead atoms. The van der Waals surface area contributed by atoms with Gasteiger partial charge in [-0.05, 0) is 19.4 Å². The number of hydrogen-bond donors (Lipinski definition) is 0. The Labute approximate surface area is 79.1 Å². The molecule has 1 aromatic carbocycles. The van der Waals surface area contributed by atoms with Gasteiger partial charge in [0.25, 0.3) is 0 Å². The van der Waals surface area contributed by atoms with Crippen LogP contribution < -0.4 is 0 Å². The number of aryl methyl sites for hydroxylation is 2. The van der Waals surface area contributed by atoms with Gasteiger partial charge in [-0.1, -0.05) is 29.8 Å². The summed E-state index contributed by atoms with van der Waals surface area (Å²) in [5, 5.41) is 0. The van der Waals surface area contributed by atoms with E-state index in [9.17, 15) is 4.79 Å². The highest BCUT2D eigenvalue weighted by Crippen LogP contribution is 2.12. The average Bonchev–Trinajstić information content (AvgIpc) is 2.04. The molecule has 0 aliphatic carbocycles. The van der Waals surface area contributed by atoms with Crippen LogP contribution in [-0.4, -0.2) is 5.78 Å². The molecule has 1 aromatic rings. The number of ketones is 1.